The van der Waals surface area contributed by atoms with Crippen LogP contribution in [0.15, 0.2) is 18.3 Å². The highest BCUT2D eigenvalue weighted by Crippen LogP contribution is 2.32. The maximum absolute atomic E-state index is 4.56. The topological polar surface area (TPSA) is 28.2 Å². The lowest BCUT2D eigenvalue weighted by Gasteiger charge is -2.24. The van der Waals surface area contributed by atoms with Crippen molar-refractivity contribution in [2.45, 2.75) is 38.0 Å². The Kier molecular flexibility index (Phi) is 4.74. The molecule has 4 heteroatoms. The van der Waals surface area contributed by atoms with Crippen LogP contribution in [0.3, 0.4) is 0 Å². The summed E-state index contributed by atoms with van der Waals surface area (Å²) in [4.78, 5) is 6.98. The van der Waals surface area contributed by atoms with Crippen molar-refractivity contribution in [3.8, 4) is 0 Å². The first-order valence-electron chi connectivity index (χ1n) is 7.04. The van der Waals surface area contributed by atoms with Crippen molar-refractivity contribution < 1.29 is 0 Å². The molecule has 1 aromatic heterocycles. The summed E-state index contributed by atoms with van der Waals surface area (Å²) in [5.74, 6) is 2.30. The number of hydrogen-bond acceptors (Lipinski definition) is 4. The molecule has 1 aliphatic heterocycles. The summed E-state index contributed by atoms with van der Waals surface area (Å²) in [5, 5.41) is 3.29. The Hall–Kier alpha value is -0.740. The average molecular weight is 279 g/mol. The van der Waals surface area contributed by atoms with Gasteiger partial charge >= 0.3 is 0 Å². The Balaban J connectivity index is 2.13. The van der Waals surface area contributed by atoms with Crippen LogP contribution < -0.4 is 10.2 Å². The summed E-state index contributed by atoms with van der Waals surface area (Å²) >= 11 is 2.07. The summed E-state index contributed by atoms with van der Waals surface area (Å²) in [5.41, 5.74) is 1.31. The molecule has 0 radical (unpaired) electrons. The fourth-order valence-corrected chi connectivity index (χ4v) is 3.39. The third kappa shape index (κ3) is 3.86. The van der Waals surface area contributed by atoms with E-state index in [1.165, 1.54) is 17.7 Å². The van der Waals surface area contributed by atoms with Gasteiger partial charge in [0, 0.05) is 35.8 Å². The molecule has 0 spiro atoms. The van der Waals surface area contributed by atoms with E-state index in [1.54, 1.807) is 0 Å². The molecule has 1 N–H and O–H groups in total. The monoisotopic (exact) mass is 279 g/mol. The summed E-state index contributed by atoms with van der Waals surface area (Å²) in [6.45, 7) is 9.06. The number of anilines is 1. The molecular weight excluding hydrogens is 254 g/mol. The third-order valence-corrected chi connectivity index (χ3v) is 5.24. The Morgan fingerprint density at radius 2 is 2.21 bits per heavy atom. The zero-order valence-electron chi connectivity index (χ0n) is 12.4. The number of pyridine rings is 1. The standard InChI is InChI=1S/C15H25N3S/c1-12(16-4)13-5-7-17-14(11-13)18-8-6-15(2,3)19-10-9-18/h5,7,11-12,16H,6,8-10H2,1-4H3. The van der Waals surface area contributed by atoms with Gasteiger partial charge in [0.25, 0.3) is 0 Å². The second-order valence-electron chi connectivity index (χ2n) is 5.80. The van der Waals surface area contributed by atoms with E-state index < -0.39 is 0 Å². The van der Waals surface area contributed by atoms with Crippen molar-refractivity contribution in [3.63, 3.8) is 0 Å². The van der Waals surface area contributed by atoms with E-state index in [0.717, 1.165) is 18.9 Å². The number of thioether (sulfide) groups is 1. The molecule has 1 saturated heterocycles. The number of hydrogen-bond donors (Lipinski definition) is 1. The fraction of sp³-hybridized carbons (Fsp3) is 0.667. The van der Waals surface area contributed by atoms with Crippen molar-refractivity contribution in [1.29, 1.82) is 0 Å². The second kappa shape index (κ2) is 6.14. The molecule has 1 aliphatic rings. The van der Waals surface area contributed by atoms with E-state index in [-0.39, 0.29) is 0 Å². The van der Waals surface area contributed by atoms with Crippen LogP contribution in [-0.4, -0.2) is 35.6 Å². The average Bonchev–Trinajstić information content (AvgIpc) is 2.59. The minimum Gasteiger partial charge on any atom is -0.356 e. The largest absolute Gasteiger partial charge is 0.356 e. The van der Waals surface area contributed by atoms with Crippen LogP contribution >= 0.6 is 11.8 Å². The highest BCUT2D eigenvalue weighted by atomic mass is 32.2. The molecule has 1 atom stereocenters. The van der Waals surface area contributed by atoms with Gasteiger partial charge in [-0.05, 0) is 38.1 Å². The predicted molar refractivity (Wildman–Crippen MR) is 85.1 cm³/mol. The maximum atomic E-state index is 4.56. The van der Waals surface area contributed by atoms with Crippen LogP contribution in [0.25, 0.3) is 0 Å². The van der Waals surface area contributed by atoms with Gasteiger partial charge in [-0.2, -0.15) is 11.8 Å². The van der Waals surface area contributed by atoms with E-state index in [2.05, 4.69) is 59.9 Å². The van der Waals surface area contributed by atoms with Crippen molar-refractivity contribution in [2.24, 2.45) is 0 Å². The molecule has 1 aromatic rings. The van der Waals surface area contributed by atoms with Crippen LogP contribution in [0.2, 0.25) is 0 Å². The molecule has 0 saturated carbocycles. The molecule has 1 unspecified atom stereocenters. The fourth-order valence-electron chi connectivity index (χ4n) is 2.29. The molecule has 2 rings (SSSR count). The lowest BCUT2D eigenvalue weighted by molar-refractivity contribution is 0.631. The van der Waals surface area contributed by atoms with E-state index in [0.29, 0.717) is 10.8 Å². The molecule has 2 heterocycles. The maximum Gasteiger partial charge on any atom is 0.128 e. The lowest BCUT2D eigenvalue weighted by atomic mass is 10.1. The number of aromatic nitrogens is 1. The van der Waals surface area contributed by atoms with Crippen LogP contribution in [0, 0.1) is 0 Å². The van der Waals surface area contributed by atoms with Gasteiger partial charge in [0.15, 0.2) is 0 Å². The molecule has 106 valence electrons. The zero-order chi connectivity index (χ0) is 13.9. The molecule has 19 heavy (non-hydrogen) atoms. The summed E-state index contributed by atoms with van der Waals surface area (Å²) in [6, 6.07) is 4.70. The van der Waals surface area contributed by atoms with Gasteiger partial charge in [-0.1, -0.05) is 13.8 Å². The number of nitrogens with one attached hydrogen (secondary N) is 1. The minimum atomic E-state index is 0.375. The predicted octanol–water partition coefficient (Wildman–Crippen LogP) is 3.08. The number of rotatable bonds is 3. The van der Waals surface area contributed by atoms with Crippen molar-refractivity contribution in [1.82, 2.24) is 10.3 Å². The van der Waals surface area contributed by atoms with Crippen molar-refractivity contribution in [2.75, 3.05) is 30.8 Å². The molecular formula is C15H25N3S. The quantitative estimate of drug-likeness (QED) is 0.920. The SMILES string of the molecule is CNC(C)c1ccnc(N2CCSC(C)(C)CC2)c1. The smallest absolute Gasteiger partial charge is 0.128 e. The first kappa shape index (κ1) is 14.7. The van der Waals surface area contributed by atoms with E-state index in [4.69, 9.17) is 0 Å². The minimum absolute atomic E-state index is 0.375. The highest BCUT2D eigenvalue weighted by Gasteiger charge is 2.24. The summed E-state index contributed by atoms with van der Waals surface area (Å²) < 4.78 is 0.393. The first-order chi connectivity index (χ1) is 9.02. The molecule has 0 aliphatic carbocycles. The lowest BCUT2D eigenvalue weighted by Crippen LogP contribution is -2.28. The molecule has 0 bridgehead atoms. The first-order valence-corrected chi connectivity index (χ1v) is 8.02. The van der Waals surface area contributed by atoms with Crippen LogP contribution in [0.1, 0.15) is 38.8 Å². The molecule has 0 amide bonds. The van der Waals surface area contributed by atoms with E-state index >= 15 is 0 Å². The van der Waals surface area contributed by atoms with Crippen LogP contribution in [0.5, 0.6) is 0 Å². The third-order valence-electron chi connectivity index (χ3n) is 3.86. The Bertz CT molecular complexity index is 420. The van der Waals surface area contributed by atoms with Gasteiger partial charge in [0.2, 0.25) is 0 Å². The van der Waals surface area contributed by atoms with Crippen molar-refractivity contribution in [3.05, 3.63) is 23.9 Å². The second-order valence-corrected chi connectivity index (χ2v) is 7.61. The van der Waals surface area contributed by atoms with E-state index in [1.807, 2.05) is 13.2 Å². The van der Waals surface area contributed by atoms with Gasteiger partial charge in [-0.3, -0.25) is 0 Å². The van der Waals surface area contributed by atoms with Gasteiger partial charge in [0.1, 0.15) is 5.82 Å². The van der Waals surface area contributed by atoms with Crippen LogP contribution in [-0.2, 0) is 0 Å². The van der Waals surface area contributed by atoms with Crippen LogP contribution in [0.4, 0.5) is 5.82 Å². The van der Waals surface area contributed by atoms with Crippen molar-refractivity contribution >= 4 is 17.6 Å². The van der Waals surface area contributed by atoms with Gasteiger partial charge in [-0.15, -0.1) is 0 Å². The number of nitrogens with zero attached hydrogens (tertiary/aromatic N) is 2. The van der Waals surface area contributed by atoms with E-state index in [9.17, 15) is 0 Å². The molecule has 0 aromatic carbocycles. The Morgan fingerprint density at radius 1 is 1.42 bits per heavy atom. The Morgan fingerprint density at radius 3 is 2.95 bits per heavy atom. The molecule has 1 fully saturated rings. The molecule has 3 nitrogen and oxygen atoms in total. The summed E-state index contributed by atoms with van der Waals surface area (Å²) in [6.07, 6.45) is 3.15. The van der Waals surface area contributed by atoms with Gasteiger partial charge < -0.3 is 10.2 Å². The highest BCUT2D eigenvalue weighted by molar-refractivity contribution is 8.00. The zero-order valence-corrected chi connectivity index (χ0v) is 13.3. The van der Waals surface area contributed by atoms with Gasteiger partial charge in [0.05, 0.1) is 0 Å². The Labute approximate surface area is 121 Å². The summed E-state index contributed by atoms with van der Waals surface area (Å²) in [7, 11) is 2.00. The normalized spacial score (nSPS) is 20.9. The van der Waals surface area contributed by atoms with Gasteiger partial charge in [-0.25, -0.2) is 4.98 Å².